The molecule has 0 aliphatic heterocycles. The van der Waals surface area contributed by atoms with Gasteiger partial charge in [-0.15, -0.1) is 0 Å². The Morgan fingerprint density at radius 2 is 2.00 bits per heavy atom. The van der Waals surface area contributed by atoms with Crippen LogP contribution in [0.15, 0.2) is 24.3 Å². The third-order valence-corrected chi connectivity index (χ3v) is 4.10. The Labute approximate surface area is 111 Å². The van der Waals surface area contributed by atoms with E-state index in [-0.39, 0.29) is 0 Å². The third kappa shape index (κ3) is 2.54. The van der Waals surface area contributed by atoms with Crippen molar-refractivity contribution in [2.24, 2.45) is 5.92 Å². The Bertz CT molecular complexity index is 377. The number of benzene rings is 1. The summed E-state index contributed by atoms with van der Waals surface area (Å²) >= 11 is 0. The van der Waals surface area contributed by atoms with E-state index in [9.17, 15) is 0 Å². The first-order valence-corrected chi connectivity index (χ1v) is 7.26. The van der Waals surface area contributed by atoms with Gasteiger partial charge in [-0.05, 0) is 43.4 Å². The van der Waals surface area contributed by atoms with E-state index in [1.165, 1.54) is 18.4 Å². The fourth-order valence-corrected chi connectivity index (χ4v) is 3.21. The lowest BCUT2D eigenvalue weighted by molar-refractivity contribution is 0.159. The van der Waals surface area contributed by atoms with Crippen LogP contribution in [0.3, 0.4) is 0 Å². The summed E-state index contributed by atoms with van der Waals surface area (Å²) in [5.41, 5.74) is 1.40. The minimum absolute atomic E-state index is 0.668. The van der Waals surface area contributed by atoms with Crippen molar-refractivity contribution in [1.82, 2.24) is 5.32 Å². The van der Waals surface area contributed by atoms with Crippen molar-refractivity contribution in [1.29, 1.82) is 0 Å². The molecule has 1 aliphatic rings. The molecule has 0 bridgehead atoms. The highest BCUT2D eigenvalue weighted by Gasteiger charge is 2.40. The van der Waals surface area contributed by atoms with Crippen molar-refractivity contribution in [2.75, 3.05) is 13.2 Å². The number of rotatable bonds is 6. The molecule has 0 saturated heterocycles. The summed E-state index contributed by atoms with van der Waals surface area (Å²) in [6.45, 7) is 8.35. The molecule has 2 rings (SSSR count). The van der Waals surface area contributed by atoms with E-state index in [0.29, 0.717) is 12.0 Å². The molecule has 2 nitrogen and oxygen atoms in total. The van der Waals surface area contributed by atoms with Gasteiger partial charge in [-0.2, -0.15) is 0 Å². The Morgan fingerprint density at radius 3 is 2.67 bits per heavy atom. The molecule has 2 heteroatoms. The first-order valence-electron chi connectivity index (χ1n) is 7.26. The molecule has 1 fully saturated rings. The van der Waals surface area contributed by atoms with Crippen LogP contribution in [0.25, 0.3) is 0 Å². The van der Waals surface area contributed by atoms with Gasteiger partial charge in [0, 0.05) is 6.04 Å². The van der Waals surface area contributed by atoms with Gasteiger partial charge in [0.1, 0.15) is 5.75 Å². The van der Waals surface area contributed by atoms with E-state index in [2.05, 4.69) is 50.4 Å². The van der Waals surface area contributed by atoms with E-state index in [1.807, 2.05) is 0 Å². The summed E-state index contributed by atoms with van der Waals surface area (Å²) in [4.78, 5) is 0. The number of hydrogen-bond donors (Lipinski definition) is 1. The summed E-state index contributed by atoms with van der Waals surface area (Å²) in [5.74, 6) is 2.51. The molecule has 0 amide bonds. The van der Waals surface area contributed by atoms with Crippen LogP contribution in [-0.2, 0) is 0 Å². The molecular formula is C16H25NO. The molecule has 1 aromatic rings. The van der Waals surface area contributed by atoms with Gasteiger partial charge >= 0.3 is 0 Å². The lowest BCUT2D eigenvalue weighted by Crippen LogP contribution is -2.48. The van der Waals surface area contributed by atoms with E-state index in [0.717, 1.165) is 24.8 Å². The third-order valence-electron chi connectivity index (χ3n) is 4.10. The van der Waals surface area contributed by atoms with Crippen molar-refractivity contribution in [3.8, 4) is 5.75 Å². The van der Waals surface area contributed by atoms with Crippen LogP contribution in [0.5, 0.6) is 5.75 Å². The SMILES string of the molecule is CCNC1CC(c2ccccc2OCC)C1CC. The molecule has 100 valence electrons. The van der Waals surface area contributed by atoms with Crippen LogP contribution < -0.4 is 10.1 Å². The standard InChI is InChI=1S/C16H25NO/c1-4-12-14(11-15(12)17-5-2)13-9-7-8-10-16(13)18-6-3/h7-10,12,14-15,17H,4-6,11H2,1-3H3. The van der Waals surface area contributed by atoms with Gasteiger partial charge in [-0.3, -0.25) is 0 Å². The van der Waals surface area contributed by atoms with Gasteiger partial charge in [-0.25, -0.2) is 0 Å². The van der Waals surface area contributed by atoms with E-state index < -0.39 is 0 Å². The number of hydrogen-bond acceptors (Lipinski definition) is 2. The van der Waals surface area contributed by atoms with Gasteiger partial charge in [0.25, 0.3) is 0 Å². The maximum atomic E-state index is 5.76. The summed E-state index contributed by atoms with van der Waals surface area (Å²) in [6.07, 6.45) is 2.49. The maximum absolute atomic E-state index is 5.76. The predicted molar refractivity (Wildman–Crippen MR) is 76.2 cm³/mol. The molecule has 1 aliphatic carbocycles. The van der Waals surface area contributed by atoms with Crippen LogP contribution in [0, 0.1) is 5.92 Å². The molecule has 3 atom stereocenters. The molecule has 18 heavy (non-hydrogen) atoms. The zero-order chi connectivity index (χ0) is 13.0. The zero-order valence-corrected chi connectivity index (χ0v) is 11.8. The van der Waals surface area contributed by atoms with Crippen LogP contribution in [0.1, 0.15) is 45.1 Å². The largest absolute Gasteiger partial charge is 0.494 e. The van der Waals surface area contributed by atoms with Crippen LogP contribution in [0.2, 0.25) is 0 Å². The van der Waals surface area contributed by atoms with Gasteiger partial charge in [0.05, 0.1) is 6.61 Å². The average molecular weight is 247 g/mol. The second-order valence-electron chi connectivity index (χ2n) is 5.05. The highest BCUT2D eigenvalue weighted by atomic mass is 16.5. The number of para-hydroxylation sites is 1. The molecule has 1 N–H and O–H groups in total. The van der Waals surface area contributed by atoms with Gasteiger partial charge in [0.2, 0.25) is 0 Å². The second-order valence-corrected chi connectivity index (χ2v) is 5.05. The minimum Gasteiger partial charge on any atom is -0.494 e. The zero-order valence-electron chi connectivity index (χ0n) is 11.8. The Morgan fingerprint density at radius 1 is 1.22 bits per heavy atom. The molecule has 0 radical (unpaired) electrons. The Kier molecular flexibility index (Phi) is 4.65. The minimum atomic E-state index is 0.668. The average Bonchev–Trinajstić information content (AvgIpc) is 2.36. The number of nitrogens with one attached hydrogen (secondary N) is 1. The lowest BCUT2D eigenvalue weighted by Gasteiger charge is -2.45. The van der Waals surface area contributed by atoms with Gasteiger partial charge in [-0.1, -0.05) is 38.5 Å². The lowest BCUT2D eigenvalue weighted by atomic mass is 9.64. The van der Waals surface area contributed by atoms with Crippen molar-refractivity contribution in [2.45, 2.75) is 45.6 Å². The highest BCUT2D eigenvalue weighted by Crippen LogP contribution is 2.47. The molecule has 0 spiro atoms. The number of ether oxygens (including phenoxy) is 1. The van der Waals surface area contributed by atoms with Crippen molar-refractivity contribution in [3.63, 3.8) is 0 Å². The smallest absolute Gasteiger partial charge is 0.122 e. The summed E-state index contributed by atoms with van der Waals surface area (Å²) < 4.78 is 5.76. The molecule has 1 saturated carbocycles. The quantitative estimate of drug-likeness (QED) is 0.829. The van der Waals surface area contributed by atoms with E-state index >= 15 is 0 Å². The van der Waals surface area contributed by atoms with Crippen LogP contribution in [-0.4, -0.2) is 19.2 Å². The maximum Gasteiger partial charge on any atom is 0.122 e. The molecule has 0 aromatic heterocycles. The molecule has 1 aromatic carbocycles. The molecule has 0 heterocycles. The molecular weight excluding hydrogens is 222 g/mol. The molecule has 3 unspecified atom stereocenters. The van der Waals surface area contributed by atoms with E-state index in [1.54, 1.807) is 0 Å². The topological polar surface area (TPSA) is 21.3 Å². The van der Waals surface area contributed by atoms with Crippen molar-refractivity contribution < 1.29 is 4.74 Å². The highest BCUT2D eigenvalue weighted by molar-refractivity contribution is 5.38. The Hall–Kier alpha value is -1.02. The fourth-order valence-electron chi connectivity index (χ4n) is 3.21. The normalized spacial score (nSPS) is 26.7. The van der Waals surface area contributed by atoms with Crippen LogP contribution >= 0.6 is 0 Å². The fraction of sp³-hybridized carbons (Fsp3) is 0.625. The van der Waals surface area contributed by atoms with Crippen LogP contribution in [0.4, 0.5) is 0 Å². The summed E-state index contributed by atoms with van der Waals surface area (Å²) in [6, 6.07) is 9.23. The first-order chi connectivity index (χ1) is 8.81. The Balaban J connectivity index is 2.12. The predicted octanol–water partition coefficient (Wildman–Crippen LogP) is 3.58. The van der Waals surface area contributed by atoms with E-state index in [4.69, 9.17) is 4.74 Å². The monoisotopic (exact) mass is 247 g/mol. The van der Waals surface area contributed by atoms with Crippen molar-refractivity contribution >= 4 is 0 Å². The second kappa shape index (κ2) is 6.24. The summed E-state index contributed by atoms with van der Waals surface area (Å²) in [5, 5.41) is 3.59. The summed E-state index contributed by atoms with van der Waals surface area (Å²) in [7, 11) is 0. The first kappa shape index (κ1) is 13.4. The van der Waals surface area contributed by atoms with Gasteiger partial charge < -0.3 is 10.1 Å². The van der Waals surface area contributed by atoms with Crippen molar-refractivity contribution in [3.05, 3.63) is 29.8 Å². The van der Waals surface area contributed by atoms with Gasteiger partial charge in [0.15, 0.2) is 0 Å².